The SMILES string of the molecule is CCOC(=O)C1CCN(Cn2[nH]c(C=Cc3ccccc3)nc2=S)CC1. The molecule has 0 atom stereocenters. The average Bonchev–Trinajstić information content (AvgIpc) is 3.01. The molecule has 1 N–H and O–H groups in total. The maximum atomic E-state index is 11.8. The number of esters is 1. The second-order valence-electron chi connectivity index (χ2n) is 6.35. The van der Waals surface area contributed by atoms with Crippen molar-refractivity contribution in [3.05, 3.63) is 46.5 Å². The first-order valence-electron chi connectivity index (χ1n) is 8.94. The molecule has 0 radical (unpaired) electrons. The summed E-state index contributed by atoms with van der Waals surface area (Å²) in [5.74, 6) is 0.684. The molecule has 0 unspecified atom stereocenters. The molecular weight excluding hydrogens is 348 g/mol. The van der Waals surface area contributed by atoms with Crippen molar-refractivity contribution in [2.24, 2.45) is 5.92 Å². The molecular formula is C19H24N4O2S. The summed E-state index contributed by atoms with van der Waals surface area (Å²) < 4.78 is 7.52. The van der Waals surface area contributed by atoms with Crippen molar-refractivity contribution in [3.8, 4) is 0 Å². The molecule has 6 nitrogen and oxygen atoms in total. The van der Waals surface area contributed by atoms with E-state index in [1.807, 2.05) is 54.1 Å². The smallest absolute Gasteiger partial charge is 0.309 e. The second kappa shape index (κ2) is 8.91. The fourth-order valence-electron chi connectivity index (χ4n) is 3.05. The van der Waals surface area contributed by atoms with Crippen LogP contribution in [0.5, 0.6) is 0 Å². The van der Waals surface area contributed by atoms with Crippen LogP contribution in [0.25, 0.3) is 12.2 Å². The van der Waals surface area contributed by atoms with Crippen LogP contribution in [0.3, 0.4) is 0 Å². The lowest BCUT2D eigenvalue weighted by Crippen LogP contribution is -2.38. The summed E-state index contributed by atoms with van der Waals surface area (Å²) in [4.78, 5) is 18.5. The highest BCUT2D eigenvalue weighted by Crippen LogP contribution is 2.19. The van der Waals surface area contributed by atoms with Crippen molar-refractivity contribution in [1.82, 2.24) is 19.7 Å². The van der Waals surface area contributed by atoms with E-state index in [0.717, 1.165) is 37.3 Å². The Bertz CT molecular complexity index is 804. The third kappa shape index (κ3) is 4.89. The van der Waals surface area contributed by atoms with Crippen LogP contribution >= 0.6 is 12.2 Å². The number of likely N-dealkylation sites (tertiary alicyclic amines) is 1. The molecule has 1 aromatic heterocycles. The van der Waals surface area contributed by atoms with E-state index in [1.54, 1.807) is 0 Å². The Kier molecular flexibility index (Phi) is 6.35. The van der Waals surface area contributed by atoms with E-state index in [4.69, 9.17) is 17.0 Å². The Hall–Kier alpha value is -2.25. The van der Waals surface area contributed by atoms with Crippen LogP contribution in [0.1, 0.15) is 31.2 Å². The van der Waals surface area contributed by atoms with E-state index in [9.17, 15) is 4.79 Å². The van der Waals surface area contributed by atoms with Crippen LogP contribution in [0, 0.1) is 10.7 Å². The zero-order valence-corrected chi connectivity index (χ0v) is 15.7. The number of ether oxygens (including phenoxy) is 1. The van der Waals surface area contributed by atoms with Gasteiger partial charge in [-0.1, -0.05) is 36.4 Å². The zero-order chi connectivity index (χ0) is 18.4. The quantitative estimate of drug-likeness (QED) is 0.622. The van der Waals surface area contributed by atoms with E-state index in [-0.39, 0.29) is 11.9 Å². The van der Waals surface area contributed by atoms with E-state index in [1.165, 1.54) is 0 Å². The van der Waals surface area contributed by atoms with Gasteiger partial charge in [-0.15, -0.1) is 0 Å². The average molecular weight is 372 g/mol. The van der Waals surface area contributed by atoms with Gasteiger partial charge in [-0.05, 0) is 43.6 Å². The van der Waals surface area contributed by atoms with Crippen LogP contribution in [-0.2, 0) is 16.2 Å². The summed E-state index contributed by atoms with van der Waals surface area (Å²) in [6.45, 7) is 4.64. The number of nitrogens with one attached hydrogen (secondary N) is 1. The summed E-state index contributed by atoms with van der Waals surface area (Å²) in [7, 11) is 0. The minimum absolute atomic E-state index is 0.0188. The fourth-order valence-corrected chi connectivity index (χ4v) is 3.26. The lowest BCUT2D eigenvalue weighted by atomic mass is 9.97. The standard InChI is InChI=1S/C19H24N4O2S/c1-2-25-18(24)16-10-12-22(13-11-16)14-23-19(26)20-17(21-23)9-8-15-6-4-3-5-7-15/h3-9,16H,2,10-14H2,1H3,(H,20,21,26). The van der Waals surface area contributed by atoms with Gasteiger partial charge < -0.3 is 4.74 Å². The van der Waals surface area contributed by atoms with E-state index in [2.05, 4.69) is 15.0 Å². The monoisotopic (exact) mass is 372 g/mol. The molecule has 0 saturated carbocycles. The highest BCUT2D eigenvalue weighted by atomic mass is 32.1. The van der Waals surface area contributed by atoms with Crippen molar-refractivity contribution in [2.75, 3.05) is 19.7 Å². The van der Waals surface area contributed by atoms with Crippen molar-refractivity contribution in [2.45, 2.75) is 26.4 Å². The molecule has 3 rings (SSSR count). The fraction of sp³-hybridized carbons (Fsp3) is 0.421. The summed E-state index contributed by atoms with van der Waals surface area (Å²) >= 11 is 5.36. The molecule has 0 aliphatic carbocycles. The van der Waals surface area contributed by atoms with Gasteiger partial charge in [0, 0.05) is 13.1 Å². The van der Waals surface area contributed by atoms with E-state index < -0.39 is 0 Å². The van der Waals surface area contributed by atoms with Gasteiger partial charge in [0.25, 0.3) is 0 Å². The molecule has 1 fully saturated rings. The number of carbonyl (C=O) groups is 1. The summed E-state index contributed by atoms with van der Waals surface area (Å²) in [5.41, 5.74) is 1.11. The molecule has 0 spiro atoms. The number of carbonyl (C=O) groups excluding carboxylic acids is 1. The Balaban J connectivity index is 1.56. The summed E-state index contributed by atoms with van der Waals surface area (Å²) in [6.07, 6.45) is 5.57. The van der Waals surface area contributed by atoms with E-state index >= 15 is 0 Å². The third-order valence-corrected chi connectivity index (χ3v) is 4.79. The van der Waals surface area contributed by atoms with Crippen molar-refractivity contribution in [1.29, 1.82) is 0 Å². The lowest BCUT2D eigenvalue weighted by molar-refractivity contribution is -0.149. The van der Waals surface area contributed by atoms with Gasteiger partial charge in [-0.3, -0.25) is 14.8 Å². The summed E-state index contributed by atoms with van der Waals surface area (Å²) in [5, 5.41) is 3.23. The van der Waals surface area contributed by atoms with Crippen LogP contribution < -0.4 is 0 Å². The van der Waals surface area contributed by atoms with E-state index in [0.29, 0.717) is 18.0 Å². The Morgan fingerprint density at radius 2 is 2.04 bits per heavy atom. The number of piperidine rings is 1. The molecule has 138 valence electrons. The first kappa shape index (κ1) is 18.5. The normalized spacial score (nSPS) is 16.2. The third-order valence-electron chi connectivity index (χ3n) is 4.48. The highest BCUT2D eigenvalue weighted by Gasteiger charge is 2.26. The predicted octanol–water partition coefficient (Wildman–Crippen LogP) is 3.34. The number of aromatic amines is 1. The Labute approximate surface area is 158 Å². The van der Waals surface area contributed by atoms with Gasteiger partial charge in [0.1, 0.15) is 5.82 Å². The van der Waals surface area contributed by atoms with Gasteiger partial charge >= 0.3 is 5.97 Å². The van der Waals surface area contributed by atoms with Crippen molar-refractivity contribution >= 4 is 30.3 Å². The number of hydrogen-bond donors (Lipinski definition) is 1. The molecule has 2 aromatic rings. The van der Waals surface area contributed by atoms with Crippen LogP contribution in [-0.4, -0.2) is 45.3 Å². The largest absolute Gasteiger partial charge is 0.466 e. The molecule has 1 aliphatic heterocycles. The first-order valence-corrected chi connectivity index (χ1v) is 9.35. The molecule has 26 heavy (non-hydrogen) atoms. The van der Waals surface area contributed by atoms with Gasteiger partial charge in [0.2, 0.25) is 4.77 Å². The van der Waals surface area contributed by atoms with Crippen molar-refractivity contribution in [3.63, 3.8) is 0 Å². The van der Waals surface area contributed by atoms with Crippen LogP contribution in [0.15, 0.2) is 30.3 Å². The van der Waals surface area contributed by atoms with Gasteiger partial charge in [0.05, 0.1) is 19.2 Å². The molecule has 1 aliphatic rings. The second-order valence-corrected chi connectivity index (χ2v) is 6.71. The number of rotatable bonds is 6. The molecule has 1 saturated heterocycles. The Morgan fingerprint density at radius 3 is 2.73 bits per heavy atom. The first-order chi connectivity index (χ1) is 12.7. The predicted molar refractivity (Wildman–Crippen MR) is 104 cm³/mol. The van der Waals surface area contributed by atoms with Gasteiger partial charge in [0.15, 0.2) is 0 Å². The van der Waals surface area contributed by atoms with Crippen LogP contribution in [0.2, 0.25) is 0 Å². The minimum Gasteiger partial charge on any atom is -0.466 e. The molecule has 1 aromatic carbocycles. The highest BCUT2D eigenvalue weighted by molar-refractivity contribution is 7.71. The maximum Gasteiger partial charge on any atom is 0.309 e. The molecule has 2 heterocycles. The molecule has 7 heteroatoms. The van der Waals surface area contributed by atoms with Crippen LogP contribution in [0.4, 0.5) is 0 Å². The number of benzene rings is 1. The molecule has 0 bridgehead atoms. The van der Waals surface area contributed by atoms with Gasteiger partial charge in [-0.25, -0.2) is 4.68 Å². The number of nitrogens with zero attached hydrogens (tertiary/aromatic N) is 3. The number of aromatic nitrogens is 3. The maximum absolute atomic E-state index is 11.8. The van der Waals surface area contributed by atoms with Crippen molar-refractivity contribution < 1.29 is 9.53 Å². The topological polar surface area (TPSA) is 63.1 Å². The van der Waals surface area contributed by atoms with Gasteiger partial charge in [-0.2, -0.15) is 4.98 Å². The number of hydrogen-bond acceptors (Lipinski definition) is 5. The number of H-pyrrole nitrogens is 1. The molecule has 0 amide bonds. The summed E-state index contributed by atoms with van der Waals surface area (Å²) in [6, 6.07) is 10.1. The Morgan fingerprint density at radius 1 is 1.31 bits per heavy atom. The lowest BCUT2D eigenvalue weighted by Gasteiger charge is -2.30. The zero-order valence-electron chi connectivity index (χ0n) is 14.9. The minimum atomic E-state index is -0.0707.